The lowest BCUT2D eigenvalue weighted by atomic mass is 9.89. The molecule has 3 heterocycles. The monoisotopic (exact) mass is 332 g/mol. The standard InChI is InChI=1S/C19H32N4O/c1-16(23-10-12-24-13-11-23)18-6-8-22(9-7-18)15-17-4-5-19(20-14-17)21(2)3/h4-5,14,16,18H,6-13,15H2,1-3H3/t16-/m0/s1. The maximum Gasteiger partial charge on any atom is 0.127 e. The number of aromatic nitrogens is 1. The number of rotatable bonds is 5. The molecule has 0 bridgehead atoms. The average Bonchev–Trinajstić information content (AvgIpc) is 2.63. The van der Waals surface area contributed by atoms with E-state index in [0.29, 0.717) is 6.04 Å². The highest BCUT2D eigenvalue weighted by Crippen LogP contribution is 2.25. The number of hydrogen-bond acceptors (Lipinski definition) is 5. The van der Waals surface area contributed by atoms with Crippen molar-refractivity contribution in [2.45, 2.75) is 32.4 Å². The van der Waals surface area contributed by atoms with Crippen molar-refractivity contribution in [1.82, 2.24) is 14.8 Å². The number of piperidine rings is 1. The fraction of sp³-hybridized carbons (Fsp3) is 0.737. The first-order valence-corrected chi connectivity index (χ1v) is 9.30. The second-order valence-corrected chi connectivity index (χ2v) is 7.42. The lowest BCUT2D eigenvalue weighted by Crippen LogP contribution is -2.48. The van der Waals surface area contributed by atoms with Gasteiger partial charge in [-0.3, -0.25) is 9.80 Å². The molecule has 0 aromatic carbocycles. The smallest absolute Gasteiger partial charge is 0.127 e. The molecule has 134 valence electrons. The molecule has 0 aliphatic carbocycles. The summed E-state index contributed by atoms with van der Waals surface area (Å²) in [5, 5.41) is 0. The number of ether oxygens (including phenoxy) is 1. The van der Waals surface area contributed by atoms with E-state index in [1.54, 1.807) is 0 Å². The Kier molecular flexibility index (Phi) is 6.09. The third-order valence-corrected chi connectivity index (χ3v) is 5.61. The minimum absolute atomic E-state index is 0.692. The van der Waals surface area contributed by atoms with Gasteiger partial charge in [0.1, 0.15) is 5.82 Å². The zero-order valence-electron chi connectivity index (χ0n) is 15.4. The van der Waals surface area contributed by atoms with Crippen LogP contribution in [0.25, 0.3) is 0 Å². The van der Waals surface area contributed by atoms with Gasteiger partial charge in [0.15, 0.2) is 0 Å². The Morgan fingerprint density at radius 3 is 2.46 bits per heavy atom. The molecule has 3 rings (SSSR count). The fourth-order valence-electron chi connectivity index (χ4n) is 3.91. The molecule has 1 aromatic heterocycles. The maximum atomic E-state index is 5.48. The molecule has 0 amide bonds. The summed E-state index contributed by atoms with van der Waals surface area (Å²) in [6.07, 6.45) is 4.64. The van der Waals surface area contributed by atoms with E-state index in [1.165, 1.54) is 31.5 Å². The van der Waals surface area contributed by atoms with Crippen LogP contribution in [-0.4, -0.2) is 74.3 Å². The minimum atomic E-state index is 0.692. The molecule has 2 fully saturated rings. The van der Waals surface area contributed by atoms with Crippen LogP contribution < -0.4 is 4.90 Å². The summed E-state index contributed by atoms with van der Waals surface area (Å²) in [7, 11) is 4.06. The van der Waals surface area contributed by atoms with Crippen molar-refractivity contribution in [3.8, 4) is 0 Å². The van der Waals surface area contributed by atoms with Crippen LogP contribution in [0.2, 0.25) is 0 Å². The zero-order chi connectivity index (χ0) is 16.9. The molecule has 2 aliphatic heterocycles. The van der Waals surface area contributed by atoms with Crippen LogP contribution in [0, 0.1) is 5.92 Å². The number of hydrogen-bond donors (Lipinski definition) is 0. The quantitative estimate of drug-likeness (QED) is 0.824. The number of pyridine rings is 1. The van der Waals surface area contributed by atoms with E-state index in [4.69, 9.17) is 4.74 Å². The van der Waals surface area contributed by atoms with Gasteiger partial charge in [-0.1, -0.05) is 6.07 Å². The fourth-order valence-corrected chi connectivity index (χ4v) is 3.91. The van der Waals surface area contributed by atoms with Gasteiger partial charge < -0.3 is 9.64 Å². The highest BCUT2D eigenvalue weighted by atomic mass is 16.5. The van der Waals surface area contributed by atoms with Gasteiger partial charge >= 0.3 is 0 Å². The minimum Gasteiger partial charge on any atom is -0.379 e. The largest absolute Gasteiger partial charge is 0.379 e. The molecule has 24 heavy (non-hydrogen) atoms. The molecule has 5 heteroatoms. The van der Waals surface area contributed by atoms with E-state index in [1.807, 2.05) is 25.2 Å². The van der Waals surface area contributed by atoms with Gasteiger partial charge in [0.2, 0.25) is 0 Å². The van der Waals surface area contributed by atoms with Crippen LogP contribution in [0.5, 0.6) is 0 Å². The number of likely N-dealkylation sites (tertiary alicyclic amines) is 1. The van der Waals surface area contributed by atoms with Gasteiger partial charge in [0.05, 0.1) is 13.2 Å². The highest BCUT2D eigenvalue weighted by molar-refractivity contribution is 5.37. The zero-order valence-corrected chi connectivity index (χ0v) is 15.4. The molecule has 0 saturated carbocycles. The van der Waals surface area contributed by atoms with Crippen molar-refractivity contribution in [2.24, 2.45) is 5.92 Å². The predicted octanol–water partition coefficient (Wildman–Crippen LogP) is 2.08. The van der Waals surface area contributed by atoms with Crippen molar-refractivity contribution in [3.63, 3.8) is 0 Å². The Labute approximate surface area is 146 Å². The SMILES string of the molecule is C[C@@H](C1CCN(Cc2ccc(N(C)C)nc2)CC1)N1CCOCC1. The van der Waals surface area contributed by atoms with E-state index < -0.39 is 0 Å². The molecular formula is C19H32N4O. The molecule has 2 saturated heterocycles. The van der Waals surface area contributed by atoms with Gasteiger partial charge in [-0.2, -0.15) is 0 Å². The first kappa shape index (κ1) is 17.6. The van der Waals surface area contributed by atoms with E-state index in [2.05, 4.69) is 33.8 Å². The van der Waals surface area contributed by atoms with Crippen LogP contribution in [0.15, 0.2) is 18.3 Å². The summed E-state index contributed by atoms with van der Waals surface area (Å²) in [5.74, 6) is 1.85. The molecule has 5 nitrogen and oxygen atoms in total. The lowest BCUT2D eigenvalue weighted by molar-refractivity contribution is -0.00192. The van der Waals surface area contributed by atoms with E-state index in [-0.39, 0.29) is 0 Å². The van der Waals surface area contributed by atoms with Crippen molar-refractivity contribution >= 4 is 5.82 Å². The van der Waals surface area contributed by atoms with Crippen LogP contribution in [0.1, 0.15) is 25.3 Å². The summed E-state index contributed by atoms with van der Waals surface area (Å²) < 4.78 is 5.48. The van der Waals surface area contributed by atoms with Gasteiger partial charge in [-0.25, -0.2) is 4.98 Å². The molecule has 0 spiro atoms. The molecule has 0 N–H and O–H groups in total. The van der Waals surface area contributed by atoms with E-state index >= 15 is 0 Å². The summed E-state index contributed by atoms with van der Waals surface area (Å²) in [4.78, 5) is 11.8. The van der Waals surface area contributed by atoms with Gasteiger partial charge in [-0.15, -0.1) is 0 Å². The molecule has 2 aliphatic rings. The molecule has 1 aromatic rings. The second kappa shape index (κ2) is 8.28. The normalized spacial score (nSPS) is 22.5. The molecule has 0 unspecified atom stereocenters. The summed E-state index contributed by atoms with van der Waals surface area (Å²) in [5.41, 5.74) is 1.32. The molecule has 0 radical (unpaired) electrons. The highest BCUT2D eigenvalue weighted by Gasteiger charge is 2.28. The van der Waals surface area contributed by atoms with Gasteiger partial charge in [-0.05, 0) is 50.4 Å². The van der Waals surface area contributed by atoms with Crippen LogP contribution in [0.3, 0.4) is 0 Å². The van der Waals surface area contributed by atoms with Crippen molar-refractivity contribution in [1.29, 1.82) is 0 Å². The Bertz CT molecular complexity index is 491. The van der Waals surface area contributed by atoms with Crippen LogP contribution >= 0.6 is 0 Å². The number of anilines is 1. The Hall–Kier alpha value is -1.17. The average molecular weight is 332 g/mol. The molecular weight excluding hydrogens is 300 g/mol. The van der Waals surface area contributed by atoms with E-state index in [9.17, 15) is 0 Å². The van der Waals surface area contributed by atoms with Crippen molar-refractivity contribution < 1.29 is 4.74 Å². The van der Waals surface area contributed by atoms with Crippen molar-refractivity contribution in [3.05, 3.63) is 23.9 Å². The summed E-state index contributed by atoms with van der Waals surface area (Å²) >= 11 is 0. The molecule has 1 atom stereocenters. The third-order valence-electron chi connectivity index (χ3n) is 5.61. The summed E-state index contributed by atoms with van der Waals surface area (Å²) in [6.45, 7) is 9.85. The van der Waals surface area contributed by atoms with E-state index in [0.717, 1.165) is 44.6 Å². The van der Waals surface area contributed by atoms with Crippen LogP contribution in [0.4, 0.5) is 5.82 Å². The first-order chi connectivity index (χ1) is 11.6. The lowest BCUT2D eigenvalue weighted by Gasteiger charge is -2.41. The van der Waals surface area contributed by atoms with Gasteiger partial charge in [0.25, 0.3) is 0 Å². The topological polar surface area (TPSA) is 31.8 Å². The Morgan fingerprint density at radius 2 is 1.88 bits per heavy atom. The Balaban J connectivity index is 1.46. The number of nitrogens with zero attached hydrogens (tertiary/aromatic N) is 4. The maximum absolute atomic E-state index is 5.48. The second-order valence-electron chi connectivity index (χ2n) is 7.42. The van der Waals surface area contributed by atoms with Crippen molar-refractivity contribution in [2.75, 3.05) is 58.4 Å². The first-order valence-electron chi connectivity index (χ1n) is 9.30. The summed E-state index contributed by atoms with van der Waals surface area (Å²) in [6, 6.07) is 5.02. The van der Waals surface area contributed by atoms with Crippen LogP contribution in [-0.2, 0) is 11.3 Å². The van der Waals surface area contributed by atoms with Gasteiger partial charge in [0, 0.05) is 46.0 Å². The number of morpholine rings is 1. The third kappa shape index (κ3) is 4.47. The Morgan fingerprint density at radius 1 is 1.17 bits per heavy atom. The predicted molar refractivity (Wildman–Crippen MR) is 98.4 cm³/mol.